The molecule has 3 rings (SSSR count). The van der Waals surface area contributed by atoms with Crippen molar-refractivity contribution >= 4 is 22.9 Å². The van der Waals surface area contributed by atoms with Crippen molar-refractivity contribution in [3.63, 3.8) is 0 Å². The molecular weight excluding hydrogens is 332 g/mol. The third kappa shape index (κ3) is 4.61. The second kappa shape index (κ2) is 8.50. The first-order chi connectivity index (χ1) is 12.1. The number of benzene rings is 1. The molecule has 1 aromatic heterocycles. The van der Waals surface area contributed by atoms with Gasteiger partial charge in [0.05, 0.1) is 0 Å². The van der Waals surface area contributed by atoms with E-state index >= 15 is 0 Å². The van der Waals surface area contributed by atoms with Crippen molar-refractivity contribution in [2.24, 2.45) is 0 Å². The molecule has 0 N–H and O–H groups in total. The number of rotatable bonds is 6. The molecule has 0 saturated carbocycles. The van der Waals surface area contributed by atoms with Gasteiger partial charge in [-0.15, -0.1) is 11.3 Å². The number of carbonyl (C=O) groups excluding carboxylic acids is 1. The number of nitrogens with zero attached hydrogens (tertiary/aromatic N) is 2. The summed E-state index contributed by atoms with van der Waals surface area (Å²) in [6.45, 7) is 2.24. The smallest absolute Gasteiger partial charge is 0.254 e. The van der Waals surface area contributed by atoms with Crippen molar-refractivity contribution < 1.29 is 9.53 Å². The molecule has 1 aliphatic rings. The zero-order valence-electron chi connectivity index (χ0n) is 15.0. The van der Waals surface area contributed by atoms with Gasteiger partial charge >= 0.3 is 0 Å². The molecule has 1 fully saturated rings. The second-order valence-electron chi connectivity index (χ2n) is 6.62. The predicted molar refractivity (Wildman–Crippen MR) is 104 cm³/mol. The van der Waals surface area contributed by atoms with Crippen LogP contribution >= 0.6 is 11.3 Å². The minimum absolute atomic E-state index is 0.132. The van der Waals surface area contributed by atoms with E-state index in [1.807, 2.05) is 43.3 Å². The summed E-state index contributed by atoms with van der Waals surface area (Å²) in [5.41, 5.74) is 1.82. The fourth-order valence-electron chi connectivity index (χ4n) is 3.22. The van der Waals surface area contributed by atoms with Crippen molar-refractivity contribution in [3.05, 3.63) is 52.2 Å². The second-order valence-corrected chi connectivity index (χ2v) is 7.65. The Morgan fingerprint density at radius 1 is 1.20 bits per heavy atom. The monoisotopic (exact) mass is 358 g/mol. The Labute approximate surface area is 154 Å². The average molecular weight is 359 g/mol. The first-order valence-electron chi connectivity index (χ1n) is 8.83. The van der Waals surface area contributed by atoms with Crippen LogP contribution in [-0.4, -0.2) is 50.7 Å². The normalized spacial score (nSPS) is 15.1. The van der Waals surface area contributed by atoms with Crippen molar-refractivity contribution in [1.82, 2.24) is 4.90 Å². The minimum atomic E-state index is 0.132. The SMILES string of the molecule is CN(C)c1cccc(C(=O)N(CCc2cccs2)C2CCOCC2)c1. The zero-order valence-corrected chi connectivity index (χ0v) is 15.8. The van der Waals surface area contributed by atoms with Crippen molar-refractivity contribution in [3.8, 4) is 0 Å². The van der Waals surface area contributed by atoms with Crippen LogP contribution in [-0.2, 0) is 11.2 Å². The Morgan fingerprint density at radius 2 is 2.00 bits per heavy atom. The first kappa shape index (κ1) is 18.0. The molecule has 1 aliphatic heterocycles. The number of ether oxygens (including phenoxy) is 1. The highest BCUT2D eigenvalue weighted by molar-refractivity contribution is 7.09. The standard InChI is InChI=1S/C20H26N2O2S/c1-21(2)18-6-3-5-16(15-18)20(23)22(17-9-12-24-13-10-17)11-8-19-7-4-14-25-19/h3-7,14-15,17H,8-13H2,1-2H3. The molecule has 0 aliphatic carbocycles. The molecule has 25 heavy (non-hydrogen) atoms. The van der Waals surface area contributed by atoms with E-state index in [1.165, 1.54) is 4.88 Å². The van der Waals surface area contributed by atoms with Crippen LogP contribution in [0.1, 0.15) is 28.1 Å². The van der Waals surface area contributed by atoms with Crippen LogP contribution in [0, 0.1) is 0 Å². The van der Waals surface area contributed by atoms with E-state index in [-0.39, 0.29) is 11.9 Å². The van der Waals surface area contributed by atoms with Crippen LogP contribution in [0.25, 0.3) is 0 Å². The van der Waals surface area contributed by atoms with E-state index in [0.29, 0.717) is 0 Å². The van der Waals surface area contributed by atoms with Gasteiger partial charge in [0.1, 0.15) is 0 Å². The molecule has 0 atom stereocenters. The number of anilines is 1. The molecule has 134 valence electrons. The first-order valence-corrected chi connectivity index (χ1v) is 9.71. The van der Waals surface area contributed by atoms with Gasteiger partial charge in [0.2, 0.25) is 0 Å². The zero-order chi connectivity index (χ0) is 17.6. The molecule has 2 aromatic rings. The lowest BCUT2D eigenvalue weighted by Crippen LogP contribution is -2.44. The van der Waals surface area contributed by atoms with Crippen molar-refractivity contribution in [2.45, 2.75) is 25.3 Å². The van der Waals surface area contributed by atoms with E-state index < -0.39 is 0 Å². The molecule has 1 aromatic carbocycles. The average Bonchev–Trinajstić information content (AvgIpc) is 3.16. The number of thiophene rings is 1. The summed E-state index contributed by atoms with van der Waals surface area (Å²) in [4.78, 5) is 18.7. The van der Waals surface area contributed by atoms with Crippen LogP contribution in [0.3, 0.4) is 0 Å². The van der Waals surface area contributed by atoms with Crippen LogP contribution in [0.15, 0.2) is 41.8 Å². The Balaban J connectivity index is 1.79. The van der Waals surface area contributed by atoms with Crippen molar-refractivity contribution in [2.75, 3.05) is 38.8 Å². The number of amides is 1. The Kier molecular flexibility index (Phi) is 6.10. The quantitative estimate of drug-likeness (QED) is 0.790. The van der Waals surface area contributed by atoms with Crippen LogP contribution in [0.4, 0.5) is 5.69 Å². The van der Waals surface area contributed by atoms with Gasteiger partial charge in [0, 0.05) is 56.0 Å². The van der Waals surface area contributed by atoms with E-state index in [4.69, 9.17) is 4.74 Å². The third-order valence-electron chi connectivity index (χ3n) is 4.68. The summed E-state index contributed by atoms with van der Waals surface area (Å²) in [5.74, 6) is 0.132. The molecule has 5 heteroatoms. The van der Waals surface area contributed by atoms with E-state index in [9.17, 15) is 4.79 Å². The summed E-state index contributed by atoms with van der Waals surface area (Å²) in [6, 6.07) is 12.4. The Bertz CT molecular complexity index is 679. The Hall–Kier alpha value is -1.85. The van der Waals surface area contributed by atoms with Crippen LogP contribution < -0.4 is 4.90 Å². The summed E-state index contributed by atoms with van der Waals surface area (Å²) >= 11 is 1.76. The van der Waals surface area contributed by atoms with Gasteiger partial charge < -0.3 is 14.5 Å². The van der Waals surface area contributed by atoms with E-state index in [0.717, 1.165) is 50.3 Å². The van der Waals surface area contributed by atoms with Gasteiger partial charge in [-0.2, -0.15) is 0 Å². The molecule has 2 heterocycles. The van der Waals surface area contributed by atoms with Gasteiger partial charge in [-0.3, -0.25) is 4.79 Å². The van der Waals surface area contributed by atoms with Crippen LogP contribution in [0.5, 0.6) is 0 Å². The minimum Gasteiger partial charge on any atom is -0.381 e. The molecule has 1 saturated heterocycles. The number of hydrogen-bond donors (Lipinski definition) is 0. The number of carbonyl (C=O) groups is 1. The largest absolute Gasteiger partial charge is 0.381 e. The summed E-state index contributed by atoms with van der Waals surface area (Å²) in [5, 5.41) is 2.09. The third-order valence-corrected chi connectivity index (χ3v) is 5.62. The molecule has 0 bridgehead atoms. The molecule has 1 amide bonds. The topological polar surface area (TPSA) is 32.8 Å². The summed E-state index contributed by atoms with van der Waals surface area (Å²) in [7, 11) is 3.99. The molecule has 4 nitrogen and oxygen atoms in total. The maximum absolute atomic E-state index is 13.2. The highest BCUT2D eigenvalue weighted by atomic mass is 32.1. The van der Waals surface area contributed by atoms with E-state index in [2.05, 4.69) is 22.4 Å². The highest BCUT2D eigenvalue weighted by Gasteiger charge is 2.26. The summed E-state index contributed by atoms with van der Waals surface area (Å²) in [6.07, 6.45) is 2.75. The lowest BCUT2D eigenvalue weighted by Gasteiger charge is -2.34. The summed E-state index contributed by atoms with van der Waals surface area (Å²) < 4.78 is 5.49. The van der Waals surface area contributed by atoms with Gasteiger partial charge in [-0.05, 0) is 48.9 Å². The molecule has 0 unspecified atom stereocenters. The maximum Gasteiger partial charge on any atom is 0.254 e. The van der Waals surface area contributed by atoms with Crippen molar-refractivity contribution in [1.29, 1.82) is 0 Å². The molecule has 0 spiro atoms. The lowest BCUT2D eigenvalue weighted by molar-refractivity contribution is 0.0294. The molecular formula is C20H26N2O2S. The van der Waals surface area contributed by atoms with E-state index in [1.54, 1.807) is 11.3 Å². The van der Waals surface area contributed by atoms with Crippen LogP contribution in [0.2, 0.25) is 0 Å². The molecule has 0 radical (unpaired) electrons. The predicted octanol–water partition coefficient (Wildman–Crippen LogP) is 3.68. The van der Waals surface area contributed by atoms with Gasteiger partial charge in [0.25, 0.3) is 5.91 Å². The van der Waals surface area contributed by atoms with Gasteiger partial charge in [0.15, 0.2) is 0 Å². The fraction of sp³-hybridized carbons (Fsp3) is 0.450. The Morgan fingerprint density at radius 3 is 2.68 bits per heavy atom. The van der Waals surface area contributed by atoms with Gasteiger partial charge in [-0.25, -0.2) is 0 Å². The van der Waals surface area contributed by atoms with Gasteiger partial charge in [-0.1, -0.05) is 12.1 Å². The highest BCUT2D eigenvalue weighted by Crippen LogP contribution is 2.21. The maximum atomic E-state index is 13.2. The number of hydrogen-bond acceptors (Lipinski definition) is 4. The lowest BCUT2D eigenvalue weighted by atomic mass is 10.0. The fourth-order valence-corrected chi connectivity index (χ4v) is 3.91.